The zero-order valence-electron chi connectivity index (χ0n) is 11.5. The highest BCUT2D eigenvalue weighted by atomic mass is 16.2. The molecule has 2 saturated heterocycles. The van der Waals surface area contributed by atoms with Gasteiger partial charge in [0.25, 0.3) is 5.91 Å². The maximum Gasteiger partial charge on any atom is 0.250 e. The summed E-state index contributed by atoms with van der Waals surface area (Å²) in [5, 5.41) is 4.26. The Labute approximate surface area is 112 Å². The van der Waals surface area contributed by atoms with Gasteiger partial charge in [-0.25, -0.2) is 0 Å². The van der Waals surface area contributed by atoms with Crippen LogP contribution in [-0.2, 0) is 16.6 Å². The molecule has 2 unspecified atom stereocenters. The number of hydrogen-bond donors (Lipinski definition) is 0. The summed E-state index contributed by atoms with van der Waals surface area (Å²) in [5.41, 5.74) is 1.53. The van der Waals surface area contributed by atoms with Gasteiger partial charge >= 0.3 is 0 Å². The lowest BCUT2D eigenvalue weighted by Crippen LogP contribution is -2.62. The summed E-state index contributed by atoms with van der Waals surface area (Å²) in [6, 6.07) is -0.715. The van der Waals surface area contributed by atoms with Crippen LogP contribution in [-0.4, -0.2) is 45.1 Å². The zero-order valence-corrected chi connectivity index (χ0v) is 11.5. The van der Waals surface area contributed by atoms with Crippen LogP contribution in [0.25, 0.3) is 0 Å². The fourth-order valence-corrected chi connectivity index (χ4v) is 3.14. The molecule has 0 bridgehead atoms. The van der Waals surface area contributed by atoms with Gasteiger partial charge in [-0.15, -0.1) is 0 Å². The van der Waals surface area contributed by atoms with E-state index in [1.165, 1.54) is 0 Å². The first kappa shape index (κ1) is 12.2. The number of carbonyl (C=O) groups excluding carboxylic acids is 2. The highest BCUT2D eigenvalue weighted by molar-refractivity contribution is 6.08. The van der Waals surface area contributed by atoms with E-state index in [2.05, 4.69) is 5.10 Å². The number of piperazine rings is 1. The van der Waals surface area contributed by atoms with Gasteiger partial charge in [0.1, 0.15) is 12.1 Å². The Morgan fingerprint density at radius 3 is 2.68 bits per heavy atom. The standard InChI is InChI=1S/C13H18N4O2/c1-8-11(7-15(3)14-8)17-9(2)12(18)16-6-4-5-10(16)13(17)19/h7,9-10H,4-6H2,1-3H3. The average Bonchev–Trinajstić information content (AvgIpc) is 2.94. The van der Waals surface area contributed by atoms with Crippen LogP contribution in [0.4, 0.5) is 5.69 Å². The molecule has 1 aromatic rings. The Bertz CT molecular complexity index is 551. The minimum absolute atomic E-state index is 0.0284. The van der Waals surface area contributed by atoms with Crippen molar-refractivity contribution in [1.29, 1.82) is 0 Å². The molecule has 2 amide bonds. The van der Waals surface area contributed by atoms with Gasteiger partial charge in [-0.05, 0) is 26.7 Å². The number of carbonyl (C=O) groups is 2. The van der Waals surface area contributed by atoms with Crippen molar-refractivity contribution >= 4 is 17.5 Å². The van der Waals surface area contributed by atoms with Crippen molar-refractivity contribution in [3.05, 3.63) is 11.9 Å². The lowest BCUT2D eigenvalue weighted by molar-refractivity contribution is -0.143. The average molecular weight is 262 g/mol. The maximum atomic E-state index is 12.6. The number of hydrogen-bond acceptors (Lipinski definition) is 3. The summed E-state index contributed by atoms with van der Waals surface area (Å²) >= 11 is 0. The van der Waals surface area contributed by atoms with Crippen LogP contribution in [0.15, 0.2) is 6.20 Å². The molecule has 3 heterocycles. The van der Waals surface area contributed by atoms with Gasteiger partial charge in [-0.1, -0.05) is 0 Å². The molecule has 19 heavy (non-hydrogen) atoms. The van der Waals surface area contributed by atoms with Gasteiger partial charge in [0.2, 0.25) is 5.91 Å². The molecule has 0 aliphatic carbocycles. The quantitative estimate of drug-likeness (QED) is 0.738. The molecule has 3 rings (SSSR count). The molecule has 2 aliphatic rings. The molecular weight excluding hydrogens is 244 g/mol. The third-order valence-corrected chi connectivity index (χ3v) is 4.05. The Morgan fingerprint density at radius 1 is 1.32 bits per heavy atom. The molecule has 2 atom stereocenters. The molecule has 2 fully saturated rings. The second-order valence-corrected chi connectivity index (χ2v) is 5.35. The van der Waals surface area contributed by atoms with Crippen LogP contribution in [0.5, 0.6) is 0 Å². The molecule has 0 aromatic carbocycles. The van der Waals surface area contributed by atoms with Crippen LogP contribution in [0.2, 0.25) is 0 Å². The highest BCUT2D eigenvalue weighted by Crippen LogP contribution is 2.31. The van der Waals surface area contributed by atoms with E-state index in [9.17, 15) is 9.59 Å². The molecule has 0 saturated carbocycles. The second kappa shape index (κ2) is 4.08. The molecule has 102 valence electrons. The summed E-state index contributed by atoms with van der Waals surface area (Å²) in [4.78, 5) is 28.3. The number of fused-ring (bicyclic) bond motifs is 1. The van der Waals surface area contributed by atoms with Crippen LogP contribution < -0.4 is 4.90 Å². The van der Waals surface area contributed by atoms with Crippen molar-refractivity contribution in [1.82, 2.24) is 14.7 Å². The summed E-state index contributed by atoms with van der Waals surface area (Å²) in [6.07, 6.45) is 3.49. The molecule has 0 N–H and O–H groups in total. The molecule has 1 aromatic heterocycles. The first-order valence-corrected chi connectivity index (χ1v) is 6.64. The Balaban J connectivity index is 2.03. The van der Waals surface area contributed by atoms with Crippen LogP contribution >= 0.6 is 0 Å². The number of amides is 2. The van der Waals surface area contributed by atoms with Crippen molar-refractivity contribution in [3.8, 4) is 0 Å². The van der Waals surface area contributed by atoms with E-state index < -0.39 is 6.04 Å². The van der Waals surface area contributed by atoms with E-state index in [0.29, 0.717) is 6.54 Å². The largest absolute Gasteiger partial charge is 0.329 e. The summed E-state index contributed by atoms with van der Waals surface area (Å²) < 4.78 is 1.68. The highest BCUT2D eigenvalue weighted by Gasteiger charge is 2.47. The van der Waals surface area contributed by atoms with E-state index in [-0.39, 0.29) is 17.9 Å². The normalized spacial score (nSPS) is 27.1. The van der Waals surface area contributed by atoms with Gasteiger partial charge in [0, 0.05) is 19.8 Å². The molecule has 0 spiro atoms. The van der Waals surface area contributed by atoms with Crippen molar-refractivity contribution in [3.63, 3.8) is 0 Å². The van der Waals surface area contributed by atoms with Gasteiger partial charge in [-0.2, -0.15) is 5.10 Å². The minimum atomic E-state index is -0.440. The summed E-state index contributed by atoms with van der Waals surface area (Å²) in [6.45, 7) is 4.36. The molecule has 6 nitrogen and oxygen atoms in total. The summed E-state index contributed by atoms with van der Waals surface area (Å²) in [7, 11) is 1.82. The molecule has 0 radical (unpaired) electrons. The van der Waals surface area contributed by atoms with Crippen molar-refractivity contribution < 1.29 is 9.59 Å². The Kier molecular flexibility index (Phi) is 2.62. The van der Waals surface area contributed by atoms with Crippen molar-refractivity contribution in [2.75, 3.05) is 11.4 Å². The second-order valence-electron chi connectivity index (χ2n) is 5.35. The number of aryl methyl sites for hydroxylation is 2. The van der Waals surface area contributed by atoms with E-state index >= 15 is 0 Å². The van der Waals surface area contributed by atoms with Gasteiger partial charge in [-0.3, -0.25) is 19.2 Å². The zero-order chi connectivity index (χ0) is 13.7. The number of rotatable bonds is 1. The maximum absolute atomic E-state index is 12.6. The monoisotopic (exact) mass is 262 g/mol. The third-order valence-electron chi connectivity index (χ3n) is 4.05. The van der Waals surface area contributed by atoms with E-state index in [4.69, 9.17) is 0 Å². The van der Waals surface area contributed by atoms with E-state index in [0.717, 1.165) is 24.2 Å². The third kappa shape index (κ3) is 1.66. The first-order chi connectivity index (χ1) is 9.00. The van der Waals surface area contributed by atoms with E-state index in [1.807, 2.05) is 20.2 Å². The predicted octanol–water partition coefficient (Wildman–Crippen LogP) is 0.455. The topological polar surface area (TPSA) is 58.4 Å². The molecule has 2 aliphatic heterocycles. The minimum Gasteiger partial charge on any atom is -0.329 e. The van der Waals surface area contributed by atoms with Crippen LogP contribution in [0, 0.1) is 6.92 Å². The number of anilines is 1. The van der Waals surface area contributed by atoms with E-state index in [1.54, 1.807) is 21.4 Å². The van der Waals surface area contributed by atoms with Crippen LogP contribution in [0.3, 0.4) is 0 Å². The molecule has 6 heteroatoms. The van der Waals surface area contributed by atoms with Gasteiger partial charge < -0.3 is 4.90 Å². The lowest BCUT2D eigenvalue weighted by Gasteiger charge is -2.40. The first-order valence-electron chi connectivity index (χ1n) is 6.64. The van der Waals surface area contributed by atoms with Gasteiger partial charge in [0.15, 0.2) is 0 Å². The van der Waals surface area contributed by atoms with Gasteiger partial charge in [0.05, 0.1) is 11.4 Å². The number of aromatic nitrogens is 2. The summed E-state index contributed by atoms with van der Waals surface area (Å²) in [5.74, 6) is 0.0750. The Morgan fingerprint density at radius 2 is 2.05 bits per heavy atom. The fourth-order valence-electron chi connectivity index (χ4n) is 3.14. The smallest absolute Gasteiger partial charge is 0.250 e. The number of nitrogens with zero attached hydrogens (tertiary/aromatic N) is 4. The SMILES string of the molecule is Cc1nn(C)cc1N1C(=O)C2CCCN2C(=O)C1C. The molecular formula is C13H18N4O2. The lowest BCUT2D eigenvalue weighted by atomic mass is 10.1. The Hall–Kier alpha value is -1.85. The van der Waals surface area contributed by atoms with Crippen LogP contribution in [0.1, 0.15) is 25.5 Å². The predicted molar refractivity (Wildman–Crippen MR) is 69.6 cm³/mol. The fraction of sp³-hybridized carbons (Fsp3) is 0.615. The van der Waals surface area contributed by atoms with Crippen molar-refractivity contribution in [2.45, 2.75) is 38.8 Å². The van der Waals surface area contributed by atoms with Crippen molar-refractivity contribution in [2.24, 2.45) is 7.05 Å².